The highest BCUT2D eigenvalue weighted by Crippen LogP contribution is 2.54. The highest BCUT2D eigenvalue weighted by atomic mass is 16.5. The number of amides is 1. The topological polar surface area (TPSA) is 49.8 Å². The second-order valence-corrected chi connectivity index (χ2v) is 7.62. The summed E-state index contributed by atoms with van der Waals surface area (Å²) >= 11 is 0. The molecule has 4 aliphatic rings. The zero-order chi connectivity index (χ0) is 14.4. The summed E-state index contributed by atoms with van der Waals surface area (Å²) in [4.78, 5) is 14.9. The molecule has 3 saturated heterocycles. The van der Waals surface area contributed by atoms with Crippen molar-refractivity contribution >= 4 is 5.91 Å². The van der Waals surface area contributed by atoms with Gasteiger partial charge in [-0.1, -0.05) is 25.7 Å². The van der Waals surface area contributed by atoms with E-state index in [-0.39, 0.29) is 30.1 Å². The van der Waals surface area contributed by atoms with Crippen LogP contribution in [0.1, 0.15) is 51.4 Å². The van der Waals surface area contributed by atoms with Gasteiger partial charge in [0.15, 0.2) is 0 Å². The lowest BCUT2D eigenvalue weighted by Gasteiger charge is -2.27. The lowest BCUT2D eigenvalue weighted by molar-refractivity contribution is -0.136. The number of fused-ring (bicyclic) bond motifs is 1. The van der Waals surface area contributed by atoms with E-state index in [1.807, 2.05) is 0 Å². The Hall–Kier alpha value is -0.610. The number of nitrogens with zero attached hydrogens (tertiary/aromatic N) is 1. The Kier molecular flexibility index (Phi) is 3.49. The fourth-order valence-electron chi connectivity index (χ4n) is 5.39. The molecule has 1 amide bonds. The van der Waals surface area contributed by atoms with Crippen molar-refractivity contribution < 1.29 is 14.6 Å². The monoisotopic (exact) mass is 293 g/mol. The number of carbonyl (C=O) groups is 1. The molecule has 3 heterocycles. The number of likely N-dealkylation sites (tertiary alicyclic amines) is 1. The molecule has 0 unspecified atom stereocenters. The van der Waals surface area contributed by atoms with Gasteiger partial charge >= 0.3 is 0 Å². The highest BCUT2D eigenvalue weighted by Gasteiger charge is 2.63. The molecular weight excluding hydrogens is 266 g/mol. The third kappa shape index (κ3) is 2.14. The molecule has 4 fully saturated rings. The van der Waals surface area contributed by atoms with E-state index >= 15 is 0 Å². The molecule has 0 aromatic heterocycles. The molecule has 0 aromatic rings. The normalized spacial score (nSPS) is 43.1. The van der Waals surface area contributed by atoms with Gasteiger partial charge in [-0.2, -0.15) is 0 Å². The zero-order valence-electron chi connectivity index (χ0n) is 12.8. The van der Waals surface area contributed by atoms with Crippen LogP contribution in [-0.4, -0.2) is 47.3 Å². The Morgan fingerprint density at radius 3 is 2.67 bits per heavy atom. The third-order valence-corrected chi connectivity index (χ3v) is 6.51. The molecule has 1 N–H and O–H groups in total. The number of hydrogen-bond acceptors (Lipinski definition) is 3. The zero-order valence-corrected chi connectivity index (χ0v) is 12.8. The minimum absolute atomic E-state index is 0.113. The number of aliphatic hydroxyl groups excluding tert-OH is 1. The van der Waals surface area contributed by atoms with Crippen molar-refractivity contribution in [2.75, 3.05) is 19.7 Å². The molecule has 0 aromatic carbocycles. The molecule has 4 rings (SSSR count). The van der Waals surface area contributed by atoms with Gasteiger partial charge in [0.25, 0.3) is 0 Å². The minimum Gasteiger partial charge on any atom is -0.396 e. The van der Waals surface area contributed by atoms with Crippen LogP contribution < -0.4 is 0 Å². The molecule has 2 bridgehead atoms. The minimum atomic E-state index is -0.113. The van der Waals surface area contributed by atoms with Crippen LogP contribution in [0.25, 0.3) is 0 Å². The van der Waals surface area contributed by atoms with Crippen molar-refractivity contribution in [2.24, 2.45) is 17.8 Å². The van der Waals surface area contributed by atoms with E-state index in [0.29, 0.717) is 11.8 Å². The molecule has 1 spiro atoms. The predicted molar refractivity (Wildman–Crippen MR) is 78.7 cm³/mol. The maximum Gasteiger partial charge on any atom is 0.225 e. The van der Waals surface area contributed by atoms with Gasteiger partial charge < -0.3 is 14.7 Å². The maximum atomic E-state index is 12.9. The van der Waals surface area contributed by atoms with Gasteiger partial charge in [0.1, 0.15) is 0 Å². The standard InChI is InChI=1S/C17H27NO3/c19-10-13-14-9-18(11-17(14)8-7-15(13)21-17)16(20)12-5-3-1-2-4-6-12/h12-15,19H,1-11H2/t13-,14+,15+,17+/m0/s1. The number of hydrogen-bond donors (Lipinski definition) is 1. The smallest absolute Gasteiger partial charge is 0.225 e. The first-order chi connectivity index (χ1) is 10.2. The van der Waals surface area contributed by atoms with Crippen molar-refractivity contribution in [3.05, 3.63) is 0 Å². The molecule has 4 atom stereocenters. The number of ether oxygens (including phenoxy) is 1. The SMILES string of the molecule is O=C(C1CCCCCC1)N1C[C@@H]2[C@H](CO)[C@H]3CC[C@]2(C1)O3. The van der Waals surface area contributed by atoms with Gasteiger partial charge in [0, 0.05) is 30.9 Å². The number of aliphatic hydroxyl groups is 1. The van der Waals surface area contributed by atoms with Crippen LogP contribution in [0, 0.1) is 17.8 Å². The summed E-state index contributed by atoms with van der Waals surface area (Å²) in [6, 6.07) is 0. The third-order valence-electron chi connectivity index (χ3n) is 6.51. The van der Waals surface area contributed by atoms with Crippen molar-refractivity contribution in [1.29, 1.82) is 0 Å². The summed E-state index contributed by atoms with van der Waals surface area (Å²) in [5.74, 6) is 1.23. The summed E-state index contributed by atoms with van der Waals surface area (Å²) in [6.45, 7) is 1.81. The van der Waals surface area contributed by atoms with Gasteiger partial charge in [-0.3, -0.25) is 4.79 Å². The summed E-state index contributed by atoms with van der Waals surface area (Å²) in [7, 11) is 0. The molecule has 3 aliphatic heterocycles. The first kappa shape index (κ1) is 14.0. The van der Waals surface area contributed by atoms with Crippen molar-refractivity contribution in [1.82, 2.24) is 4.90 Å². The Labute approximate surface area is 126 Å². The van der Waals surface area contributed by atoms with Crippen LogP contribution in [-0.2, 0) is 9.53 Å². The second-order valence-electron chi connectivity index (χ2n) is 7.62. The summed E-state index contributed by atoms with van der Waals surface area (Å²) in [5.41, 5.74) is -0.113. The first-order valence-corrected chi connectivity index (χ1v) is 8.81. The highest BCUT2D eigenvalue weighted by molar-refractivity contribution is 5.79. The molecule has 1 aliphatic carbocycles. The Morgan fingerprint density at radius 2 is 1.95 bits per heavy atom. The van der Waals surface area contributed by atoms with Crippen LogP contribution >= 0.6 is 0 Å². The van der Waals surface area contributed by atoms with E-state index in [1.165, 1.54) is 25.7 Å². The molecule has 4 nitrogen and oxygen atoms in total. The fraction of sp³-hybridized carbons (Fsp3) is 0.941. The summed E-state index contributed by atoms with van der Waals surface area (Å²) in [6.07, 6.45) is 9.50. The van der Waals surface area contributed by atoms with Crippen LogP contribution in [0.2, 0.25) is 0 Å². The van der Waals surface area contributed by atoms with E-state index in [1.54, 1.807) is 0 Å². The predicted octanol–water partition coefficient (Wildman–Crippen LogP) is 1.96. The van der Waals surface area contributed by atoms with Crippen molar-refractivity contribution in [3.8, 4) is 0 Å². The van der Waals surface area contributed by atoms with Crippen LogP contribution in [0.3, 0.4) is 0 Å². The summed E-state index contributed by atoms with van der Waals surface area (Å²) < 4.78 is 6.23. The number of rotatable bonds is 2. The van der Waals surface area contributed by atoms with Crippen LogP contribution in [0.5, 0.6) is 0 Å². The average molecular weight is 293 g/mol. The van der Waals surface area contributed by atoms with Crippen LogP contribution in [0.4, 0.5) is 0 Å². The second kappa shape index (κ2) is 5.24. The molecule has 118 valence electrons. The van der Waals surface area contributed by atoms with Gasteiger partial charge in [-0.15, -0.1) is 0 Å². The van der Waals surface area contributed by atoms with E-state index in [4.69, 9.17) is 4.74 Å². The Bertz CT molecular complexity index is 418. The van der Waals surface area contributed by atoms with Gasteiger partial charge in [-0.25, -0.2) is 0 Å². The molecule has 21 heavy (non-hydrogen) atoms. The quantitative estimate of drug-likeness (QED) is 0.792. The van der Waals surface area contributed by atoms with Gasteiger partial charge in [0.05, 0.1) is 18.2 Å². The molecule has 0 radical (unpaired) electrons. The van der Waals surface area contributed by atoms with Gasteiger partial charge in [-0.05, 0) is 25.7 Å². The number of carbonyl (C=O) groups excluding carboxylic acids is 1. The van der Waals surface area contributed by atoms with Crippen molar-refractivity contribution in [2.45, 2.75) is 63.1 Å². The van der Waals surface area contributed by atoms with Crippen LogP contribution in [0.15, 0.2) is 0 Å². The average Bonchev–Trinajstić information content (AvgIpc) is 3.06. The van der Waals surface area contributed by atoms with E-state index < -0.39 is 0 Å². The largest absolute Gasteiger partial charge is 0.396 e. The lowest BCUT2D eigenvalue weighted by atomic mass is 9.74. The fourth-order valence-corrected chi connectivity index (χ4v) is 5.39. The molecule has 4 heteroatoms. The van der Waals surface area contributed by atoms with E-state index in [9.17, 15) is 9.90 Å². The van der Waals surface area contributed by atoms with E-state index in [2.05, 4.69) is 4.90 Å². The first-order valence-electron chi connectivity index (χ1n) is 8.81. The Morgan fingerprint density at radius 1 is 1.19 bits per heavy atom. The lowest BCUT2D eigenvalue weighted by Crippen LogP contribution is -2.39. The Balaban J connectivity index is 1.47. The summed E-state index contributed by atoms with van der Waals surface area (Å²) in [5, 5.41) is 9.66. The van der Waals surface area contributed by atoms with Crippen molar-refractivity contribution in [3.63, 3.8) is 0 Å². The molecular formula is C17H27NO3. The maximum absolute atomic E-state index is 12.9. The molecule has 1 saturated carbocycles. The van der Waals surface area contributed by atoms with Gasteiger partial charge in [0.2, 0.25) is 5.91 Å². The van der Waals surface area contributed by atoms with E-state index in [0.717, 1.165) is 38.8 Å².